The summed E-state index contributed by atoms with van der Waals surface area (Å²) in [4.78, 5) is 2.42. The van der Waals surface area contributed by atoms with E-state index < -0.39 is 3.79 Å². The smallest absolute Gasteiger partial charge is 0.191 e. The molecular weight excluding hydrogens is 228 g/mol. The maximum Gasteiger partial charge on any atom is 0.191 e. The summed E-state index contributed by atoms with van der Waals surface area (Å²) >= 11 is 17.1. The minimum atomic E-state index is -1.10. The number of alkyl halides is 3. The standard InChI is InChI=1S/C9H16Cl3N/c1-7-3-4-8(2)13(7)6-5-9(10,11)12/h7-8H,3-6H2,1-2H3. The van der Waals surface area contributed by atoms with Crippen molar-refractivity contribution in [3.05, 3.63) is 0 Å². The molecule has 1 nitrogen and oxygen atoms in total. The van der Waals surface area contributed by atoms with E-state index in [0.717, 1.165) is 6.54 Å². The third kappa shape index (κ3) is 3.83. The molecule has 0 amide bonds. The highest BCUT2D eigenvalue weighted by molar-refractivity contribution is 6.67. The van der Waals surface area contributed by atoms with Crippen LogP contribution in [0.15, 0.2) is 0 Å². The van der Waals surface area contributed by atoms with Gasteiger partial charge in [-0.3, -0.25) is 4.90 Å². The Morgan fingerprint density at radius 1 is 1.15 bits per heavy atom. The first kappa shape index (κ1) is 11.9. The molecule has 13 heavy (non-hydrogen) atoms. The molecule has 0 N–H and O–H groups in total. The lowest BCUT2D eigenvalue weighted by Crippen LogP contribution is -2.35. The van der Waals surface area contributed by atoms with E-state index in [0.29, 0.717) is 18.5 Å². The Labute approximate surface area is 95.3 Å². The Morgan fingerprint density at radius 3 is 2.00 bits per heavy atom. The second-order valence-electron chi connectivity index (χ2n) is 3.88. The second-order valence-corrected chi connectivity index (χ2v) is 6.39. The number of hydrogen-bond acceptors (Lipinski definition) is 1. The predicted octanol–water partition coefficient (Wildman–Crippen LogP) is 3.62. The Kier molecular flexibility index (Phi) is 4.18. The lowest BCUT2D eigenvalue weighted by atomic mass is 10.2. The number of nitrogens with zero attached hydrogens (tertiary/aromatic N) is 1. The first-order valence-corrected chi connectivity index (χ1v) is 5.86. The van der Waals surface area contributed by atoms with Gasteiger partial charge in [0.1, 0.15) is 0 Å². The predicted molar refractivity (Wildman–Crippen MR) is 59.8 cm³/mol. The van der Waals surface area contributed by atoms with E-state index in [2.05, 4.69) is 18.7 Å². The molecule has 1 heterocycles. The molecule has 0 aliphatic carbocycles. The summed E-state index contributed by atoms with van der Waals surface area (Å²) in [5, 5.41) is 0. The summed E-state index contributed by atoms with van der Waals surface area (Å²) < 4.78 is -1.10. The maximum absolute atomic E-state index is 5.71. The van der Waals surface area contributed by atoms with Crippen molar-refractivity contribution in [1.29, 1.82) is 0 Å². The van der Waals surface area contributed by atoms with E-state index in [1.54, 1.807) is 0 Å². The van der Waals surface area contributed by atoms with Gasteiger partial charge in [0.05, 0.1) is 0 Å². The minimum absolute atomic E-state index is 0.617. The highest BCUT2D eigenvalue weighted by Gasteiger charge is 2.29. The molecule has 1 aliphatic rings. The van der Waals surface area contributed by atoms with Crippen LogP contribution in [0, 0.1) is 0 Å². The number of likely N-dealkylation sites (tertiary alicyclic amines) is 1. The van der Waals surface area contributed by atoms with Gasteiger partial charge in [-0.2, -0.15) is 0 Å². The van der Waals surface area contributed by atoms with E-state index >= 15 is 0 Å². The molecule has 1 fully saturated rings. The van der Waals surface area contributed by atoms with Crippen LogP contribution in [0.3, 0.4) is 0 Å². The molecule has 2 unspecified atom stereocenters. The molecule has 78 valence electrons. The zero-order chi connectivity index (χ0) is 10.1. The Balaban J connectivity index is 2.35. The molecule has 0 radical (unpaired) electrons. The molecule has 0 spiro atoms. The molecule has 0 aromatic heterocycles. The average Bonchev–Trinajstić information content (AvgIpc) is 2.27. The van der Waals surface area contributed by atoms with Crippen LogP contribution < -0.4 is 0 Å². The lowest BCUT2D eigenvalue weighted by Gasteiger charge is -2.27. The topological polar surface area (TPSA) is 3.24 Å². The molecule has 0 aromatic rings. The summed E-state index contributed by atoms with van der Waals surface area (Å²) in [6.07, 6.45) is 3.15. The minimum Gasteiger partial charge on any atom is -0.298 e. The Hall–Kier alpha value is 0.830. The van der Waals surface area contributed by atoms with Crippen LogP contribution in [-0.2, 0) is 0 Å². The zero-order valence-corrected chi connectivity index (χ0v) is 10.3. The van der Waals surface area contributed by atoms with Crippen molar-refractivity contribution >= 4 is 34.8 Å². The fourth-order valence-corrected chi connectivity index (χ4v) is 2.20. The second kappa shape index (κ2) is 4.57. The van der Waals surface area contributed by atoms with Crippen LogP contribution in [0.4, 0.5) is 0 Å². The quantitative estimate of drug-likeness (QED) is 0.671. The van der Waals surface area contributed by atoms with Crippen molar-refractivity contribution < 1.29 is 0 Å². The van der Waals surface area contributed by atoms with E-state index in [-0.39, 0.29) is 0 Å². The summed E-state index contributed by atoms with van der Waals surface area (Å²) in [5.74, 6) is 0. The number of hydrogen-bond donors (Lipinski definition) is 0. The van der Waals surface area contributed by atoms with Crippen molar-refractivity contribution in [2.75, 3.05) is 6.54 Å². The fraction of sp³-hybridized carbons (Fsp3) is 1.00. The molecule has 0 saturated carbocycles. The van der Waals surface area contributed by atoms with Gasteiger partial charge in [-0.15, -0.1) is 0 Å². The van der Waals surface area contributed by atoms with Crippen LogP contribution in [0.1, 0.15) is 33.1 Å². The van der Waals surface area contributed by atoms with Gasteiger partial charge in [-0.1, -0.05) is 34.8 Å². The molecule has 0 aromatic carbocycles. The molecule has 2 atom stereocenters. The summed E-state index contributed by atoms with van der Waals surface area (Å²) in [7, 11) is 0. The number of halogens is 3. The van der Waals surface area contributed by atoms with Crippen LogP contribution >= 0.6 is 34.8 Å². The van der Waals surface area contributed by atoms with Crippen LogP contribution in [0.25, 0.3) is 0 Å². The van der Waals surface area contributed by atoms with Crippen LogP contribution in [0.2, 0.25) is 0 Å². The Bertz CT molecular complexity index is 157. The monoisotopic (exact) mass is 243 g/mol. The van der Waals surface area contributed by atoms with Crippen LogP contribution in [0.5, 0.6) is 0 Å². The third-order valence-corrected chi connectivity index (χ3v) is 3.35. The third-order valence-electron chi connectivity index (χ3n) is 2.79. The molecule has 0 bridgehead atoms. The van der Waals surface area contributed by atoms with Crippen molar-refractivity contribution in [2.45, 2.75) is 49.0 Å². The first-order chi connectivity index (χ1) is 5.90. The van der Waals surface area contributed by atoms with Gasteiger partial charge >= 0.3 is 0 Å². The van der Waals surface area contributed by atoms with Gasteiger partial charge < -0.3 is 0 Å². The average molecular weight is 245 g/mol. The normalized spacial score (nSPS) is 31.2. The van der Waals surface area contributed by atoms with Crippen molar-refractivity contribution in [3.63, 3.8) is 0 Å². The largest absolute Gasteiger partial charge is 0.298 e. The van der Waals surface area contributed by atoms with E-state index in [1.807, 2.05) is 0 Å². The van der Waals surface area contributed by atoms with E-state index in [4.69, 9.17) is 34.8 Å². The summed E-state index contributed by atoms with van der Waals surface area (Å²) in [5.41, 5.74) is 0. The van der Waals surface area contributed by atoms with Gasteiger partial charge in [-0.05, 0) is 26.7 Å². The molecule has 1 aliphatic heterocycles. The van der Waals surface area contributed by atoms with Gasteiger partial charge in [0.15, 0.2) is 3.79 Å². The SMILES string of the molecule is CC1CCC(C)N1CCC(Cl)(Cl)Cl. The fourth-order valence-electron chi connectivity index (χ4n) is 1.95. The first-order valence-electron chi connectivity index (χ1n) is 4.72. The molecule has 4 heteroatoms. The van der Waals surface area contributed by atoms with Gasteiger partial charge in [0.25, 0.3) is 0 Å². The molecular formula is C9H16Cl3N. The highest BCUT2D eigenvalue weighted by atomic mass is 35.6. The van der Waals surface area contributed by atoms with Crippen LogP contribution in [-0.4, -0.2) is 27.3 Å². The lowest BCUT2D eigenvalue weighted by molar-refractivity contribution is 0.212. The van der Waals surface area contributed by atoms with Crippen molar-refractivity contribution in [1.82, 2.24) is 4.90 Å². The zero-order valence-electron chi connectivity index (χ0n) is 8.06. The van der Waals surface area contributed by atoms with Gasteiger partial charge in [-0.25, -0.2) is 0 Å². The molecule has 1 saturated heterocycles. The Morgan fingerprint density at radius 2 is 1.62 bits per heavy atom. The van der Waals surface area contributed by atoms with Gasteiger partial charge in [0.2, 0.25) is 0 Å². The summed E-state index contributed by atoms with van der Waals surface area (Å²) in [6, 6.07) is 1.28. The van der Waals surface area contributed by atoms with Gasteiger partial charge in [0, 0.05) is 25.0 Å². The summed E-state index contributed by atoms with van der Waals surface area (Å²) in [6.45, 7) is 5.36. The highest BCUT2D eigenvalue weighted by Crippen LogP contribution is 2.32. The van der Waals surface area contributed by atoms with E-state index in [1.165, 1.54) is 12.8 Å². The van der Waals surface area contributed by atoms with Crippen molar-refractivity contribution in [2.24, 2.45) is 0 Å². The number of rotatable bonds is 2. The molecule has 1 rings (SSSR count). The van der Waals surface area contributed by atoms with E-state index in [9.17, 15) is 0 Å². The maximum atomic E-state index is 5.71. The van der Waals surface area contributed by atoms with Crippen molar-refractivity contribution in [3.8, 4) is 0 Å².